The summed E-state index contributed by atoms with van der Waals surface area (Å²) in [5.41, 5.74) is 0.910. The molecule has 2 aromatic carbocycles. The minimum absolute atomic E-state index is 0.137. The van der Waals surface area contributed by atoms with E-state index < -0.39 is 23.9 Å². The van der Waals surface area contributed by atoms with Gasteiger partial charge in [-0.25, -0.2) is 4.79 Å². The first-order valence-corrected chi connectivity index (χ1v) is 12.0. The Morgan fingerprint density at radius 3 is 2.43 bits per heavy atom. The number of nitrogens with one attached hydrogen (secondary N) is 1. The zero-order valence-corrected chi connectivity index (χ0v) is 20.8. The van der Waals surface area contributed by atoms with E-state index in [1.54, 1.807) is 34.1 Å². The highest BCUT2D eigenvalue weighted by molar-refractivity contribution is 6.30. The molecule has 2 aliphatic rings. The molecule has 4 rings (SSSR count). The number of carbonyl (C=O) groups is 3. The minimum Gasteiger partial charge on any atom is -0.444 e. The van der Waals surface area contributed by atoms with E-state index in [2.05, 4.69) is 5.32 Å². The summed E-state index contributed by atoms with van der Waals surface area (Å²) in [5, 5.41) is 3.34. The van der Waals surface area contributed by atoms with Gasteiger partial charge in [-0.2, -0.15) is 0 Å². The number of halogens is 1. The van der Waals surface area contributed by atoms with Crippen LogP contribution in [0.3, 0.4) is 0 Å². The first kappa shape index (κ1) is 25.0. The minimum atomic E-state index is -0.953. The van der Waals surface area contributed by atoms with Crippen molar-refractivity contribution in [2.45, 2.75) is 57.6 Å². The molecular formula is C26H30ClN3O5. The van der Waals surface area contributed by atoms with E-state index in [1.165, 1.54) is 0 Å². The van der Waals surface area contributed by atoms with Crippen LogP contribution in [-0.4, -0.2) is 64.6 Å². The van der Waals surface area contributed by atoms with Gasteiger partial charge in [0.1, 0.15) is 11.7 Å². The number of morpholine rings is 1. The number of amides is 3. The average molecular weight is 500 g/mol. The quantitative estimate of drug-likeness (QED) is 0.669. The highest BCUT2D eigenvalue weighted by Crippen LogP contribution is 2.30. The number of carbonyl (C=O) groups excluding carboxylic acids is 3. The van der Waals surface area contributed by atoms with Crippen LogP contribution in [-0.2, 0) is 25.6 Å². The van der Waals surface area contributed by atoms with Gasteiger partial charge in [-0.15, -0.1) is 0 Å². The summed E-state index contributed by atoms with van der Waals surface area (Å²) in [6, 6.07) is 16.0. The largest absolute Gasteiger partial charge is 0.444 e. The zero-order chi connectivity index (χ0) is 25.2. The highest BCUT2D eigenvalue weighted by Gasteiger charge is 2.49. The van der Waals surface area contributed by atoms with E-state index in [0.717, 1.165) is 5.56 Å². The molecule has 3 amide bonds. The van der Waals surface area contributed by atoms with Gasteiger partial charge in [-0.1, -0.05) is 41.9 Å². The highest BCUT2D eigenvalue weighted by atomic mass is 35.5. The molecule has 8 nitrogen and oxygen atoms in total. The maximum Gasteiger partial charge on any atom is 0.410 e. The average Bonchev–Trinajstić information content (AvgIpc) is 3.22. The third kappa shape index (κ3) is 6.32. The Hall–Kier alpha value is -3.10. The molecule has 2 aliphatic heterocycles. The van der Waals surface area contributed by atoms with E-state index in [1.807, 2.05) is 51.1 Å². The normalized spacial score (nSPS) is 22.1. The van der Waals surface area contributed by atoms with Crippen LogP contribution < -0.4 is 5.32 Å². The van der Waals surface area contributed by atoms with Crippen LogP contribution in [0, 0.1) is 0 Å². The Kier molecular flexibility index (Phi) is 7.33. The van der Waals surface area contributed by atoms with Gasteiger partial charge < -0.3 is 24.6 Å². The van der Waals surface area contributed by atoms with Crippen LogP contribution in [0.25, 0.3) is 0 Å². The standard InChI is InChI=1S/C26H30ClN3O5/c1-26(2,3)35-25(33)29-15-20-22(16-29)34-21(13-23(31)28-19-11-9-18(27)10-12-19)24(32)30(20)14-17-7-5-4-6-8-17/h4-12,20-22H,13-16H2,1-3H3,(H,28,31). The van der Waals surface area contributed by atoms with Crippen molar-refractivity contribution in [3.05, 3.63) is 65.2 Å². The first-order chi connectivity index (χ1) is 16.6. The summed E-state index contributed by atoms with van der Waals surface area (Å²) in [7, 11) is 0. The Bertz CT molecular complexity index is 1070. The van der Waals surface area contributed by atoms with Crippen molar-refractivity contribution in [2.75, 3.05) is 18.4 Å². The van der Waals surface area contributed by atoms with E-state index in [4.69, 9.17) is 21.1 Å². The predicted molar refractivity (Wildman–Crippen MR) is 132 cm³/mol. The maximum atomic E-state index is 13.5. The number of anilines is 1. The molecule has 0 saturated carbocycles. The second kappa shape index (κ2) is 10.3. The molecule has 0 bridgehead atoms. The SMILES string of the molecule is CC(C)(C)OC(=O)N1CC2OC(CC(=O)Nc3ccc(Cl)cc3)C(=O)N(Cc3ccccc3)C2C1. The van der Waals surface area contributed by atoms with Crippen molar-refractivity contribution >= 4 is 35.2 Å². The summed E-state index contributed by atoms with van der Waals surface area (Å²) in [6.07, 6.45) is -1.95. The van der Waals surface area contributed by atoms with E-state index in [9.17, 15) is 14.4 Å². The smallest absolute Gasteiger partial charge is 0.410 e. The lowest BCUT2D eigenvalue weighted by atomic mass is 10.0. The van der Waals surface area contributed by atoms with E-state index >= 15 is 0 Å². The molecule has 0 spiro atoms. The molecule has 1 N–H and O–H groups in total. The summed E-state index contributed by atoms with van der Waals surface area (Å²) < 4.78 is 11.6. The Balaban J connectivity index is 1.50. The lowest BCUT2D eigenvalue weighted by Gasteiger charge is -2.40. The fraction of sp³-hybridized carbons (Fsp3) is 0.423. The molecule has 0 aromatic heterocycles. The molecular weight excluding hydrogens is 470 g/mol. The van der Waals surface area contributed by atoms with Crippen LogP contribution in [0.2, 0.25) is 5.02 Å². The fourth-order valence-corrected chi connectivity index (χ4v) is 4.43. The lowest BCUT2D eigenvalue weighted by molar-refractivity contribution is -0.169. The van der Waals surface area contributed by atoms with Crippen molar-refractivity contribution in [3.63, 3.8) is 0 Å². The molecule has 2 aromatic rings. The maximum absolute atomic E-state index is 13.5. The number of hydrogen-bond acceptors (Lipinski definition) is 5. The summed E-state index contributed by atoms with van der Waals surface area (Å²) in [4.78, 5) is 42.2. The van der Waals surface area contributed by atoms with Crippen LogP contribution >= 0.6 is 11.6 Å². The van der Waals surface area contributed by atoms with Gasteiger partial charge in [0.15, 0.2) is 0 Å². The molecule has 2 heterocycles. The van der Waals surface area contributed by atoms with Crippen LogP contribution in [0.5, 0.6) is 0 Å². The van der Waals surface area contributed by atoms with Crippen molar-refractivity contribution in [1.82, 2.24) is 9.80 Å². The first-order valence-electron chi connectivity index (χ1n) is 11.6. The van der Waals surface area contributed by atoms with Crippen LogP contribution in [0.15, 0.2) is 54.6 Å². The van der Waals surface area contributed by atoms with Crippen molar-refractivity contribution in [2.24, 2.45) is 0 Å². The molecule has 9 heteroatoms. The third-order valence-corrected chi connectivity index (χ3v) is 6.13. The molecule has 2 fully saturated rings. The summed E-state index contributed by atoms with van der Waals surface area (Å²) in [6.45, 7) is 6.39. The summed E-state index contributed by atoms with van der Waals surface area (Å²) in [5.74, 6) is -0.613. The molecule has 3 atom stereocenters. The third-order valence-electron chi connectivity index (χ3n) is 5.88. The van der Waals surface area contributed by atoms with Gasteiger partial charge >= 0.3 is 6.09 Å². The van der Waals surface area contributed by atoms with Gasteiger partial charge in [0.05, 0.1) is 25.1 Å². The van der Waals surface area contributed by atoms with Gasteiger partial charge in [0.25, 0.3) is 5.91 Å². The molecule has 3 unspecified atom stereocenters. The zero-order valence-electron chi connectivity index (χ0n) is 20.1. The monoisotopic (exact) mass is 499 g/mol. The fourth-order valence-electron chi connectivity index (χ4n) is 4.31. The number of ether oxygens (including phenoxy) is 2. The number of likely N-dealkylation sites (tertiary alicyclic amines) is 1. The predicted octanol–water partition coefficient (Wildman–Crippen LogP) is 4.08. The molecule has 35 heavy (non-hydrogen) atoms. The second-order valence-corrected chi connectivity index (χ2v) is 10.3. The van der Waals surface area contributed by atoms with E-state index in [0.29, 0.717) is 23.8 Å². The number of fused-ring (bicyclic) bond motifs is 1. The number of hydrogen-bond donors (Lipinski definition) is 1. The van der Waals surface area contributed by atoms with Crippen LogP contribution in [0.1, 0.15) is 32.8 Å². The molecule has 186 valence electrons. The van der Waals surface area contributed by atoms with Crippen molar-refractivity contribution in [3.8, 4) is 0 Å². The summed E-state index contributed by atoms with van der Waals surface area (Å²) >= 11 is 5.91. The lowest BCUT2D eigenvalue weighted by Crippen LogP contribution is -2.58. The van der Waals surface area contributed by atoms with Gasteiger partial charge in [0.2, 0.25) is 5.91 Å². The Labute approximate surface area is 210 Å². The van der Waals surface area contributed by atoms with Gasteiger partial charge in [-0.05, 0) is 50.6 Å². The van der Waals surface area contributed by atoms with E-state index in [-0.39, 0.29) is 30.8 Å². The molecule has 2 saturated heterocycles. The number of benzene rings is 2. The number of nitrogens with zero attached hydrogens (tertiary/aromatic N) is 2. The second-order valence-electron chi connectivity index (χ2n) is 9.83. The van der Waals surface area contributed by atoms with Gasteiger partial charge in [-0.3, -0.25) is 9.59 Å². The molecule has 0 radical (unpaired) electrons. The van der Waals surface area contributed by atoms with Crippen molar-refractivity contribution in [1.29, 1.82) is 0 Å². The topological polar surface area (TPSA) is 88.2 Å². The Morgan fingerprint density at radius 2 is 1.77 bits per heavy atom. The van der Waals surface area contributed by atoms with Crippen molar-refractivity contribution < 1.29 is 23.9 Å². The molecule has 0 aliphatic carbocycles. The number of rotatable bonds is 5. The van der Waals surface area contributed by atoms with Gasteiger partial charge in [0, 0.05) is 23.8 Å². The van der Waals surface area contributed by atoms with Crippen LogP contribution in [0.4, 0.5) is 10.5 Å². The Morgan fingerprint density at radius 1 is 1.09 bits per heavy atom.